The van der Waals surface area contributed by atoms with E-state index in [0.29, 0.717) is 6.79 Å². The van der Waals surface area contributed by atoms with Gasteiger partial charge in [-0.3, -0.25) is 0 Å². The molecule has 1 heterocycles. The Balaban J connectivity index is 2.08. The van der Waals surface area contributed by atoms with E-state index in [1.54, 1.807) is 0 Å². The van der Waals surface area contributed by atoms with Crippen molar-refractivity contribution in [2.24, 2.45) is 0 Å². The minimum atomic E-state index is -0.241. The van der Waals surface area contributed by atoms with Crippen molar-refractivity contribution in [2.45, 2.75) is 5.62 Å². The first-order valence-corrected chi connectivity index (χ1v) is 1.82. The summed E-state index contributed by atoms with van der Waals surface area (Å²) in [5.74, 6) is 0. The van der Waals surface area contributed by atoms with Crippen LogP contribution in [0.25, 0.3) is 0 Å². The lowest BCUT2D eigenvalue weighted by atomic mass is 11.2. The van der Waals surface area contributed by atoms with Gasteiger partial charge >= 0.3 is 0 Å². The molecule has 0 N–H and O–H groups in total. The smallest absolute Gasteiger partial charge is 0.208 e. The lowest BCUT2D eigenvalue weighted by molar-refractivity contribution is -0.271. The van der Waals surface area contributed by atoms with Gasteiger partial charge in [0.15, 0.2) is 6.79 Å². The van der Waals surface area contributed by atoms with Crippen LogP contribution in [0.3, 0.4) is 0 Å². The second kappa shape index (κ2) is 1.16. The van der Waals surface area contributed by atoms with Gasteiger partial charge in [-0.25, -0.2) is 0 Å². The number of thiol groups is 1. The maximum Gasteiger partial charge on any atom is 0.208 e. The first kappa shape index (κ1) is 3.46. The van der Waals surface area contributed by atoms with E-state index in [4.69, 9.17) is 0 Å². The van der Waals surface area contributed by atoms with E-state index < -0.39 is 0 Å². The fourth-order valence-electron chi connectivity index (χ4n) is 0.129. The van der Waals surface area contributed by atoms with Crippen LogP contribution in [0.1, 0.15) is 0 Å². The SMILES string of the molecule is SC1OCO1. The van der Waals surface area contributed by atoms with Crippen LogP contribution >= 0.6 is 12.6 Å². The largest absolute Gasteiger partial charge is 0.317 e. The van der Waals surface area contributed by atoms with Gasteiger partial charge in [-0.2, -0.15) is 0 Å². The van der Waals surface area contributed by atoms with Crippen molar-refractivity contribution in [3.8, 4) is 0 Å². The Morgan fingerprint density at radius 1 is 1.60 bits per heavy atom. The Bertz CT molecular complexity index is 34.6. The van der Waals surface area contributed by atoms with Crippen molar-refractivity contribution in [1.82, 2.24) is 0 Å². The standard InChI is InChI=1S/C2H4O2S/c5-2-3-1-4-2/h2,5H,1H2. The van der Waals surface area contributed by atoms with E-state index in [0.717, 1.165) is 0 Å². The van der Waals surface area contributed by atoms with Gasteiger partial charge in [0.1, 0.15) is 0 Å². The molecule has 1 saturated heterocycles. The molecule has 1 rings (SSSR count). The first-order valence-electron chi connectivity index (χ1n) is 1.31. The molecule has 0 spiro atoms. The molecule has 0 aliphatic carbocycles. The van der Waals surface area contributed by atoms with Gasteiger partial charge in [0, 0.05) is 0 Å². The molecule has 0 atom stereocenters. The van der Waals surface area contributed by atoms with Crippen molar-refractivity contribution in [3.63, 3.8) is 0 Å². The predicted octanol–water partition coefficient (Wildman–Crippen LogP) is 0.204. The van der Waals surface area contributed by atoms with Crippen LogP contribution in [0.4, 0.5) is 0 Å². The number of rotatable bonds is 0. The summed E-state index contributed by atoms with van der Waals surface area (Å²) in [5.41, 5.74) is -0.241. The fourth-order valence-corrected chi connectivity index (χ4v) is 0.251. The Morgan fingerprint density at radius 3 is 2.00 bits per heavy atom. The molecule has 1 aliphatic heterocycles. The lowest BCUT2D eigenvalue weighted by Crippen LogP contribution is -2.24. The average Bonchev–Trinajstić information content (AvgIpc) is 1.30. The summed E-state index contributed by atoms with van der Waals surface area (Å²) in [6.07, 6.45) is 0. The topological polar surface area (TPSA) is 18.5 Å². The highest BCUT2D eigenvalue weighted by molar-refractivity contribution is 7.80. The molecule has 1 fully saturated rings. The fraction of sp³-hybridized carbons (Fsp3) is 1.00. The Hall–Kier alpha value is 0.270. The zero-order valence-electron chi connectivity index (χ0n) is 2.55. The van der Waals surface area contributed by atoms with E-state index >= 15 is 0 Å². The van der Waals surface area contributed by atoms with Crippen LogP contribution in [0, 0.1) is 0 Å². The molecule has 1 aliphatic rings. The van der Waals surface area contributed by atoms with Crippen molar-refractivity contribution in [3.05, 3.63) is 0 Å². The molecule has 0 aromatic carbocycles. The monoisotopic (exact) mass is 92.0 g/mol. The molecule has 5 heavy (non-hydrogen) atoms. The van der Waals surface area contributed by atoms with Crippen LogP contribution in [0.2, 0.25) is 0 Å². The van der Waals surface area contributed by atoms with Gasteiger partial charge in [-0.05, 0) is 0 Å². The molecular formula is C2H4O2S. The Morgan fingerprint density at radius 2 is 2.00 bits per heavy atom. The summed E-state index contributed by atoms with van der Waals surface area (Å²) in [5, 5.41) is 0. The molecule has 3 heteroatoms. The summed E-state index contributed by atoms with van der Waals surface area (Å²) in [7, 11) is 0. The molecule has 0 bridgehead atoms. The van der Waals surface area contributed by atoms with Gasteiger partial charge in [0.2, 0.25) is 5.62 Å². The van der Waals surface area contributed by atoms with Crippen LogP contribution in [0.15, 0.2) is 0 Å². The third-order valence-electron chi connectivity index (χ3n) is 0.421. The Kier molecular flexibility index (Phi) is 0.804. The highest BCUT2D eigenvalue weighted by Crippen LogP contribution is 2.08. The number of hydrogen-bond donors (Lipinski definition) is 1. The summed E-state index contributed by atoms with van der Waals surface area (Å²) >= 11 is 3.74. The van der Waals surface area contributed by atoms with E-state index in [2.05, 4.69) is 22.1 Å². The van der Waals surface area contributed by atoms with Crippen molar-refractivity contribution >= 4 is 12.6 Å². The third-order valence-corrected chi connectivity index (χ3v) is 0.719. The second-order valence-electron chi connectivity index (χ2n) is 0.758. The molecule has 2 nitrogen and oxygen atoms in total. The zero-order chi connectivity index (χ0) is 3.70. The highest BCUT2D eigenvalue weighted by atomic mass is 32.1. The van der Waals surface area contributed by atoms with Crippen LogP contribution in [-0.2, 0) is 9.47 Å². The summed E-state index contributed by atoms with van der Waals surface area (Å²) in [6, 6.07) is 0. The predicted molar refractivity (Wildman–Crippen MR) is 19.8 cm³/mol. The molecule has 0 amide bonds. The zero-order valence-corrected chi connectivity index (χ0v) is 3.44. The van der Waals surface area contributed by atoms with Crippen molar-refractivity contribution < 1.29 is 9.47 Å². The van der Waals surface area contributed by atoms with Gasteiger partial charge < -0.3 is 9.47 Å². The van der Waals surface area contributed by atoms with Crippen molar-refractivity contribution in [1.29, 1.82) is 0 Å². The van der Waals surface area contributed by atoms with Gasteiger partial charge in [-0.15, -0.1) is 12.6 Å². The molecular weight excluding hydrogens is 88.1 g/mol. The molecule has 0 aromatic rings. The maximum atomic E-state index is 4.57. The first-order chi connectivity index (χ1) is 2.39. The van der Waals surface area contributed by atoms with E-state index in [9.17, 15) is 0 Å². The van der Waals surface area contributed by atoms with E-state index in [-0.39, 0.29) is 5.62 Å². The van der Waals surface area contributed by atoms with Gasteiger partial charge in [0.05, 0.1) is 0 Å². The number of ether oxygens (including phenoxy) is 2. The summed E-state index contributed by atoms with van der Waals surface area (Å²) in [4.78, 5) is 0. The molecule has 0 aromatic heterocycles. The van der Waals surface area contributed by atoms with Crippen molar-refractivity contribution in [2.75, 3.05) is 6.79 Å². The van der Waals surface area contributed by atoms with Gasteiger partial charge in [0.25, 0.3) is 0 Å². The van der Waals surface area contributed by atoms with Crippen LogP contribution < -0.4 is 0 Å². The van der Waals surface area contributed by atoms with Crippen LogP contribution in [-0.4, -0.2) is 12.4 Å². The molecule has 0 radical (unpaired) electrons. The minimum absolute atomic E-state index is 0.241. The summed E-state index contributed by atoms with van der Waals surface area (Å²) < 4.78 is 9.15. The maximum absolute atomic E-state index is 4.57. The van der Waals surface area contributed by atoms with Gasteiger partial charge in [-0.1, -0.05) is 0 Å². The van der Waals surface area contributed by atoms with E-state index in [1.165, 1.54) is 0 Å². The molecule has 0 unspecified atom stereocenters. The normalized spacial score (nSPS) is 25.8. The summed E-state index contributed by atoms with van der Waals surface area (Å²) in [6.45, 7) is 0.411. The highest BCUT2D eigenvalue weighted by Gasteiger charge is 2.10. The number of hydrogen-bond acceptors (Lipinski definition) is 3. The Labute approximate surface area is 35.5 Å². The lowest BCUT2D eigenvalue weighted by Gasteiger charge is -2.20. The average molecular weight is 92.1 g/mol. The second-order valence-corrected chi connectivity index (χ2v) is 1.18. The molecule has 0 saturated carbocycles. The molecule has 30 valence electrons. The van der Waals surface area contributed by atoms with E-state index in [1.807, 2.05) is 0 Å². The quantitative estimate of drug-likeness (QED) is 0.430. The minimum Gasteiger partial charge on any atom is -0.317 e. The third kappa shape index (κ3) is 0.560. The van der Waals surface area contributed by atoms with Crippen LogP contribution in [0.5, 0.6) is 0 Å².